The minimum Gasteiger partial charge on any atom is -0.446 e. The fourth-order valence-corrected chi connectivity index (χ4v) is 5.46. The van der Waals surface area contributed by atoms with E-state index in [0.717, 1.165) is 16.7 Å². The van der Waals surface area contributed by atoms with Crippen LogP contribution in [0.4, 0.5) is 9.59 Å². The Morgan fingerprint density at radius 1 is 0.923 bits per heavy atom. The molecule has 0 saturated carbocycles. The van der Waals surface area contributed by atoms with Gasteiger partial charge >= 0.3 is 12.2 Å². The lowest BCUT2D eigenvalue weighted by Gasteiger charge is -2.29. The van der Waals surface area contributed by atoms with E-state index in [1.54, 1.807) is 48.3 Å². The number of amides is 3. The number of thiophene rings is 2. The standard InChI is InChI=1S/C29H37N3O5S2/c1-29(2,3)37-28(35)31-25(11-7-10-24(36-27(30)34)16-21-8-5-4-6-9-21)26(33)32(17-22-12-14-38-19-22)18-23-13-15-39-20-23/h4-6,8-9,12-15,19-20,24-25H,7,10-11,16-18H2,1-3H3,(H2,30,34)(H,31,35)/t24?,25-/m0/s1. The van der Waals surface area contributed by atoms with Gasteiger partial charge in [0, 0.05) is 19.5 Å². The van der Waals surface area contributed by atoms with Gasteiger partial charge in [0.2, 0.25) is 5.91 Å². The molecule has 0 aliphatic rings. The molecule has 1 aromatic carbocycles. The summed E-state index contributed by atoms with van der Waals surface area (Å²) in [4.78, 5) is 39.9. The summed E-state index contributed by atoms with van der Waals surface area (Å²) in [5.41, 5.74) is 7.68. The number of hydrogen-bond acceptors (Lipinski definition) is 7. The molecule has 1 unspecified atom stereocenters. The number of carbonyl (C=O) groups excluding carboxylic acids is 3. The second-order valence-corrected chi connectivity index (χ2v) is 11.9. The summed E-state index contributed by atoms with van der Waals surface area (Å²) in [7, 11) is 0. The number of benzene rings is 1. The van der Waals surface area contributed by atoms with Crippen LogP contribution >= 0.6 is 22.7 Å². The molecule has 8 nitrogen and oxygen atoms in total. The van der Waals surface area contributed by atoms with Gasteiger partial charge < -0.3 is 25.4 Å². The molecule has 0 spiro atoms. The monoisotopic (exact) mass is 571 g/mol. The number of ether oxygens (including phenoxy) is 2. The fourth-order valence-electron chi connectivity index (χ4n) is 4.14. The van der Waals surface area contributed by atoms with Crippen molar-refractivity contribution in [1.82, 2.24) is 10.2 Å². The minimum atomic E-state index is -0.840. The molecule has 39 heavy (non-hydrogen) atoms. The van der Waals surface area contributed by atoms with Gasteiger partial charge in [-0.25, -0.2) is 9.59 Å². The molecule has 2 heterocycles. The van der Waals surface area contributed by atoms with E-state index in [9.17, 15) is 14.4 Å². The maximum Gasteiger partial charge on any atom is 0.408 e. The number of nitrogens with two attached hydrogens (primary N) is 1. The molecule has 3 N–H and O–H groups in total. The van der Waals surface area contributed by atoms with Crippen LogP contribution in [0.1, 0.15) is 56.7 Å². The molecule has 3 rings (SSSR count). The van der Waals surface area contributed by atoms with Crippen LogP contribution in [0.5, 0.6) is 0 Å². The van der Waals surface area contributed by atoms with Gasteiger partial charge in [-0.3, -0.25) is 4.79 Å². The van der Waals surface area contributed by atoms with Crippen LogP contribution in [0.25, 0.3) is 0 Å². The van der Waals surface area contributed by atoms with Crippen LogP contribution in [0.15, 0.2) is 64.0 Å². The molecule has 2 atom stereocenters. The molecule has 10 heteroatoms. The van der Waals surface area contributed by atoms with Gasteiger partial charge in [-0.05, 0) is 90.4 Å². The number of nitrogens with zero attached hydrogens (tertiary/aromatic N) is 1. The average molecular weight is 572 g/mol. The Morgan fingerprint density at radius 2 is 1.54 bits per heavy atom. The second kappa shape index (κ2) is 14.7. The summed E-state index contributed by atoms with van der Waals surface area (Å²) in [5.74, 6) is -0.200. The molecule has 3 amide bonds. The van der Waals surface area contributed by atoms with Crippen LogP contribution in [0.3, 0.4) is 0 Å². The predicted octanol–water partition coefficient (Wildman–Crippen LogP) is 6.11. The highest BCUT2D eigenvalue weighted by atomic mass is 32.1. The summed E-state index contributed by atoms with van der Waals surface area (Å²) in [6.45, 7) is 6.17. The maximum absolute atomic E-state index is 13.9. The van der Waals surface area contributed by atoms with Crippen molar-refractivity contribution in [1.29, 1.82) is 0 Å². The average Bonchev–Trinajstić information content (AvgIpc) is 3.56. The summed E-state index contributed by atoms with van der Waals surface area (Å²) >= 11 is 3.14. The van der Waals surface area contributed by atoms with Gasteiger partial charge in [0.15, 0.2) is 0 Å². The molecule has 2 aromatic heterocycles. The minimum absolute atomic E-state index is 0.200. The number of primary amides is 1. The van der Waals surface area contributed by atoms with E-state index in [2.05, 4.69) is 5.32 Å². The van der Waals surface area contributed by atoms with Crippen LogP contribution in [0.2, 0.25) is 0 Å². The molecule has 0 aliphatic carbocycles. The lowest BCUT2D eigenvalue weighted by Crippen LogP contribution is -2.49. The largest absolute Gasteiger partial charge is 0.446 e. The summed E-state index contributed by atoms with van der Waals surface area (Å²) in [5, 5.41) is 10.8. The van der Waals surface area contributed by atoms with Gasteiger partial charge in [0.1, 0.15) is 17.7 Å². The number of nitrogens with one attached hydrogen (secondary N) is 1. The van der Waals surface area contributed by atoms with E-state index >= 15 is 0 Å². The molecular weight excluding hydrogens is 534 g/mol. The van der Waals surface area contributed by atoms with Crippen molar-refractivity contribution in [3.8, 4) is 0 Å². The van der Waals surface area contributed by atoms with E-state index in [1.165, 1.54) is 0 Å². The highest BCUT2D eigenvalue weighted by molar-refractivity contribution is 7.08. The van der Waals surface area contributed by atoms with E-state index in [-0.39, 0.29) is 5.91 Å². The Kier molecular flexibility index (Phi) is 11.4. The highest BCUT2D eigenvalue weighted by Crippen LogP contribution is 2.19. The van der Waals surface area contributed by atoms with Crippen molar-refractivity contribution in [3.63, 3.8) is 0 Å². The molecule has 3 aromatic rings. The van der Waals surface area contributed by atoms with Crippen LogP contribution < -0.4 is 11.1 Å². The van der Waals surface area contributed by atoms with Crippen LogP contribution in [0, 0.1) is 0 Å². The number of carbonyl (C=O) groups is 3. The Labute approximate surface area is 238 Å². The van der Waals surface area contributed by atoms with Gasteiger partial charge in [0.05, 0.1) is 0 Å². The Morgan fingerprint density at radius 3 is 2.05 bits per heavy atom. The summed E-state index contributed by atoms with van der Waals surface area (Å²) < 4.78 is 10.8. The van der Waals surface area contributed by atoms with Crippen molar-refractivity contribution >= 4 is 40.8 Å². The third-order valence-corrected chi connectivity index (χ3v) is 7.28. The normalized spacial score (nSPS) is 12.8. The van der Waals surface area contributed by atoms with Gasteiger partial charge in [-0.1, -0.05) is 30.3 Å². The van der Waals surface area contributed by atoms with Crippen molar-refractivity contribution in [2.75, 3.05) is 0 Å². The topological polar surface area (TPSA) is 111 Å². The number of rotatable bonds is 13. The molecule has 210 valence electrons. The zero-order valence-electron chi connectivity index (χ0n) is 22.6. The third-order valence-electron chi connectivity index (χ3n) is 5.82. The van der Waals surface area contributed by atoms with Crippen molar-refractivity contribution in [3.05, 3.63) is 80.7 Å². The van der Waals surface area contributed by atoms with E-state index in [0.29, 0.717) is 38.8 Å². The summed E-state index contributed by atoms with van der Waals surface area (Å²) in [6.07, 6.45) is -0.0994. The van der Waals surface area contributed by atoms with E-state index < -0.39 is 29.9 Å². The number of hydrogen-bond donors (Lipinski definition) is 2. The fraction of sp³-hybridized carbons (Fsp3) is 0.414. The first-order valence-corrected chi connectivity index (χ1v) is 14.8. The van der Waals surface area contributed by atoms with E-state index in [1.807, 2.05) is 64.0 Å². The van der Waals surface area contributed by atoms with Crippen LogP contribution in [-0.2, 0) is 33.8 Å². The van der Waals surface area contributed by atoms with Crippen molar-refractivity contribution in [2.24, 2.45) is 5.73 Å². The van der Waals surface area contributed by atoms with Gasteiger partial charge in [-0.2, -0.15) is 22.7 Å². The molecule has 0 aliphatic heterocycles. The highest BCUT2D eigenvalue weighted by Gasteiger charge is 2.29. The second-order valence-electron chi connectivity index (χ2n) is 10.3. The van der Waals surface area contributed by atoms with Crippen molar-refractivity contribution < 1.29 is 23.9 Å². The van der Waals surface area contributed by atoms with Crippen molar-refractivity contribution in [2.45, 2.75) is 77.3 Å². The Balaban J connectivity index is 1.74. The zero-order valence-corrected chi connectivity index (χ0v) is 24.3. The molecule has 0 radical (unpaired) electrons. The third kappa shape index (κ3) is 11.1. The SMILES string of the molecule is CC(C)(C)OC(=O)N[C@@H](CCCC(Cc1ccccc1)OC(N)=O)C(=O)N(Cc1ccsc1)Cc1ccsc1. The lowest BCUT2D eigenvalue weighted by molar-refractivity contribution is -0.135. The lowest BCUT2D eigenvalue weighted by atomic mass is 10.0. The Bertz CT molecular complexity index is 1130. The summed E-state index contributed by atoms with van der Waals surface area (Å²) in [6, 6.07) is 12.8. The number of alkyl carbamates (subject to hydrolysis) is 1. The quantitative estimate of drug-likeness (QED) is 0.257. The first-order valence-electron chi connectivity index (χ1n) is 12.9. The van der Waals surface area contributed by atoms with Gasteiger partial charge in [0.25, 0.3) is 0 Å². The maximum atomic E-state index is 13.9. The van der Waals surface area contributed by atoms with Crippen LogP contribution in [-0.4, -0.2) is 40.7 Å². The van der Waals surface area contributed by atoms with Gasteiger partial charge in [-0.15, -0.1) is 0 Å². The molecule has 0 saturated heterocycles. The van der Waals surface area contributed by atoms with E-state index in [4.69, 9.17) is 15.2 Å². The molecular formula is C29H37N3O5S2. The Hall–Kier alpha value is -3.37. The first-order chi connectivity index (χ1) is 18.6. The molecule has 0 fully saturated rings. The smallest absolute Gasteiger partial charge is 0.408 e. The molecule has 0 bridgehead atoms. The first kappa shape index (κ1) is 30.2. The zero-order chi connectivity index (χ0) is 28.3. The predicted molar refractivity (Wildman–Crippen MR) is 155 cm³/mol.